The maximum absolute atomic E-state index is 11.9. The van der Waals surface area contributed by atoms with Crippen LogP contribution in [0.1, 0.15) is 5.69 Å². The van der Waals surface area contributed by atoms with Gasteiger partial charge in [0.2, 0.25) is 5.91 Å². The molecule has 0 aliphatic rings. The minimum absolute atomic E-state index is 0.0814. The highest BCUT2D eigenvalue weighted by Crippen LogP contribution is 2.31. The zero-order valence-corrected chi connectivity index (χ0v) is 15.1. The van der Waals surface area contributed by atoms with Crippen LogP contribution in [0, 0.1) is 11.7 Å². The van der Waals surface area contributed by atoms with Crippen molar-refractivity contribution in [2.75, 3.05) is 16.8 Å². The first-order valence-corrected chi connectivity index (χ1v) is 9.17. The summed E-state index contributed by atoms with van der Waals surface area (Å²) in [7, 11) is 0. The normalized spacial score (nSPS) is 10.5. The number of thioether (sulfide) groups is 1. The Morgan fingerprint density at radius 2 is 2.30 bits per heavy atom. The molecule has 2 heterocycles. The third-order valence-corrected chi connectivity index (χ3v) is 5.10. The number of carbonyl (C=O) groups excluding carboxylic acids is 1. The van der Waals surface area contributed by atoms with Crippen molar-refractivity contribution in [3.05, 3.63) is 35.8 Å². The predicted octanol–water partition coefficient (Wildman–Crippen LogP) is 3.42. The molecular weight excluding hydrogens is 350 g/mol. The number of rotatable bonds is 8. The van der Waals surface area contributed by atoms with E-state index in [-0.39, 0.29) is 5.91 Å². The third-order valence-electron chi connectivity index (χ3n) is 2.78. The van der Waals surface area contributed by atoms with E-state index in [4.69, 9.17) is 12.2 Å². The fraction of sp³-hybridized carbons (Fsp3) is 0.286. The molecule has 122 valence electrons. The van der Waals surface area contributed by atoms with Crippen LogP contribution < -0.4 is 5.32 Å². The summed E-state index contributed by atoms with van der Waals surface area (Å²) in [6.45, 7) is 9.79. The molecule has 0 bridgehead atoms. The van der Waals surface area contributed by atoms with Gasteiger partial charge in [-0.3, -0.25) is 14.5 Å². The lowest BCUT2D eigenvalue weighted by molar-refractivity contribution is -0.113. The number of carbonyl (C=O) groups is 1. The molecule has 0 radical (unpaired) electrons. The minimum Gasteiger partial charge on any atom is -0.301 e. The van der Waals surface area contributed by atoms with Gasteiger partial charge in [0.05, 0.1) is 16.3 Å². The van der Waals surface area contributed by atoms with E-state index < -0.39 is 0 Å². The molecule has 0 spiro atoms. The number of aromatic amines is 1. The van der Waals surface area contributed by atoms with Crippen LogP contribution in [0.15, 0.2) is 25.3 Å². The van der Waals surface area contributed by atoms with Crippen LogP contribution >= 0.6 is 35.3 Å². The lowest BCUT2D eigenvalue weighted by Gasteiger charge is -2.01. The van der Waals surface area contributed by atoms with Gasteiger partial charge in [-0.25, -0.2) is 4.98 Å². The van der Waals surface area contributed by atoms with E-state index >= 15 is 0 Å². The Kier molecular flexibility index (Phi) is 6.31. The summed E-state index contributed by atoms with van der Waals surface area (Å²) in [5, 5.41) is 10.4. The molecule has 23 heavy (non-hydrogen) atoms. The van der Waals surface area contributed by atoms with E-state index in [0.717, 1.165) is 16.3 Å². The predicted molar refractivity (Wildman–Crippen MR) is 99.6 cm³/mol. The Bertz CT molecular complexity index is 774. The molecule has 1 amide bonds. The van der Waals surface area contributed by atoms with E-state index in [1.807, 2.05) is 11.5 Å². The Morgan fingerprint density at radius 3 is 3.00 bits per heavy atom. The van der Waals surface area contributed by atoms with Crippen molar-refractivity contribution in [2.45, 2.75) is 13.5 Å². The summed E-state index contributed by atoms with van der Waals surface area (Å²) < 4.78 is 2.37. The summed E-state index contributed by atoms with van der Waals surface area (Å²) in [5.41, 5.74) is 0.795. The number of hydrogen-bond donors (Lipinski definition) is 2. The van der Waals surface area contributed by atoms with Crippen molar-refractivity contribution in [3.8, 4) is 10.7 Å². The summed E-state index contributed by atoms with van der Waals surface area (Å²) in [5.74, 6) is 1.73. The Morgan fingerprint density at radius 1 is 1.52 bits per heavy atom. The second-order valence-corrected chi connectivity index (χ2v) is 6.95. The van der Waals surface area contributed by atoms with Gasteiger partial charge >= 0.3 is 0 Å². The number of aryl methyl sites for hydroxylation is 1. The van der Waals surface area contributed by atoms with Gasteiger partial charge in [0.15, 0.2) is 15.7 Å². The molecule has 0 aliphatic carbocycles. The molecule has 0 saturated carbocycles. The van der Waals surface area contributed by atoms with Crippen molar-refractivity contribution in [1.82, 2.24) is 19.7 Å². The third kappa shape index (κ3) is 4.40. The zero-order chi connectivity index (χ0) is 16.8. The Hall–Kier alpha value is -1.71. The Balaban J connectivity index is 2.18. The van der Waals surface area contributed by atoms with Crippen LogP contribution in [-0.2, 0) is 11.3 Å². The number of nitrogens with one attached hydrogen (secondary N) is 2. The molecule has 2 rings (SSSR count). The molecule has 0 unspecified atom stereocenters. The highest BCUT2D eigenvalue weighted by atomic mass is 32.2. The van der Waals surface area contributed by atoms with Crippen LogP contribution in [0.5, 0.6) is 0 Å². The average Bonchev–Trinajstić information content (AvgIpc) is 3.03. The van der Waals surface area contributed by atoms with E-state index in [0.29, 0.717) is 28.0 Å². The maximum atomic E-state index is 11.9. The van der Waals surface area contributed by atoms with Gasteiger partial charge in [0.1, 0.15) is 0 Å². The second-order valence-electron chi connectivity index (χ2n) is 4.54. The van der Waals surface area contributed by atoms with Crippen LogP contribution in [0.3, 0.4) is 0 Å². The van der Waals surface area contributed by atoms with Gasteiger partial charge < -0.3 is 5.32 Å². The smallest absolute Gasteiger partial charge is 0.236 e. The lowest BCUT2D eigenvalue weighted by Crippen LogP contribution is -2.13. The number of hydrogen-bond acceptors (Lipinski definition) is 6. The van der Waals surface area contributed by atoms with Gasteiger partial charge in [-0.15, -0.1) is 24.9 Å². The highest BCUT2D eigenvalue weighted by molar-refractivity contribution is 8.00. The number of aromatic nitrogens is 4. The largest absolute Gasteiger partial charge is 0.301 e. The van der Waals surface area contributed by atoms with Gasteiger partial charge in [-0.05, 0) is 19.1 Å². The summed E-state index contributed by atoms with van der Waals surface area (Å²) in [6.07, 6.45) is 3.52. The zero-order valence-electron chi connectivity index (χ0n) is 12.7. The molecule has 6 nitrogen and oxygen atoms in total. The molecule has 0 aromatic carbocycles. The molecule has 2 N–H and O–H groups in total. The van der Waals surface area contributed by atoms with Crippen molar-refractivity contribution >= 4 is 46.4 Å². The van der Waals surface area contributed by atoms with Crippen molar-refractivity contribution in [2.24, 2.45) is 0 Å². The fourth-order valence-electron chi connectivity index (χ4n) is 1.84. The number of nitrogens with zero attached hydrogens (tertiary/aromatic N) is 3. The maximum Gasteiger partial charge on any atom is 0.236 e. The standard InChI is InChI=1S/C14H17N5OS3/c1-4-6-19-12(17-18-14(19)21)11-9(3)15-13(23-11)16-10(20)8-22-7-5-2/h4-5H,1-2,6-8H2,3H3,(H,18,21)(H,15,16,20). The first kappa shape index (κ1) is 17.6. The van der Waals surface area contributed by atoms with E-state index in [1.165, 1.54) is 23.1 Å². The highest BCUT2D eigenvalue weighted by Gasteiger charge is 2.17. The molecule has 9 heteroatoms. The fourth-order valence-corrected chi connectivity index (χ4v) is 3.57. The van der Waals surface area contributed by atoms with Crippen molar-refractivity contribution in [1.29, 1.82) is 0 Å². The molecule has 0 fully saturated rings. The van der Waals surface area contributed by atoms with Crippen LogP contribution in [0.25, 0.3) is 10.7 Å². The van der Waals surface area contributed by atoms with E-state index in [1.54, 1.807) is 12.2 Å². The van der Waals surface area contributed by atoms with E-state index in [2.05, 4.69) is 33.7 Å². The van der Waals surface area contributed by atoms with Crippen LogP contribution in [0.4, 0.5) is 5.13 Å². The quantitative estimate of drug-likeness (QED) is 0.425. The molecule has 0 saturated heterocycles. The van der Waals surface area contributed by atoms with Crippen LogP contribution in [-0.4, -0.2) is 37.2 Å². The number of H-pyrrole nitrogens is 1. The second kappa shape index (κ2) is 8.23. The minimum atomic E-state index is -0.0814. The summed E-state index contributed by atoms with van der Waals surface area (Å²) >= 11 is 8.10. The summed E-state index contributed by atoms with van der Waals surface area (Å²) in [6, 6.07) is 0. The number of thiazole rings is 1. The van der Waals surface area contributed by atoms with Crippen LogP contribution in [0.2, 0.25) is 0 Å². The van der Waals surface area contributed by atoms with Gasteiger partial charge in [0, 0.05) is 12.3 Å². The van der Waals surface area contributed by atoms with Crippen molar-refractivity contribution in [3.63, 3.8) is 0 Å². The number of anilines is 1. The van der Waals surface area contributed by atoms with Crippen molar-refractivity contribution < 1.29 is 4.79 Å². The lowest BCUT2D eigenvalue weighted by atomic mass is 10.4. The molecule has 2 aromatic rings. The average molecular weight is 368 g/mol. The Labute approximate surface area is 147 Å². The van der Waals surface area contributed by atoms with Gasteiger partial charge in [-0.1, -0.05) is 23.5 Å². The van der Waals surface area contributed by atoms with Gasteiger partial charge in [0.25, 0.3) is 0 Å². The number of amides is 1. The molecule has 0 atom stereocenters. The topological polar surface area (TPSA) is 75.6 Å². The number of allylic oxidation sites excluding steroid dienone is 1. The first-order chi connectivity index (χ1) is 11.1. The summed E-state index contributed by atoms with van der Waals surface area (Å²) in [4.78, 5) is 17.1. The molecular formula is C14H17N5OS3. The monoisotopic (exact) mass is 367 g/mol. The molecule has 2 aromatic heterocycles. The first-order valence-electron chi connectivity index (χ1n) is 6.79. The SMILES string of the molecule is C=CCSCC(=O)Nc1nc(C)c(-c2n[nH]c(=S)n2CC=C)s1. The molecule has 0 aliphatic heterocycles. The van der Waals surface area contributed by atoms with E-state index in [9.17, 15) is 4.79 Å². The van der Waals surface area contributed by atoms with Gasteiger partial charge in [-0.2, -0.15) is 5.10 Å².